The molecule has 0 radical (unpaired) electrons. The van der Waals surface area contributed by atoms with Crippen LogP contribution in [0.3, 0.4) is 0 Å². The van der Waals surface area contributed by atoms with Crippen molar-refractivity contribution in [3.63, 3.8) is 0 Å². The smallest absolute Gasteiger partial charge is 0.410 e. The maximum Gasteiger partial charge on any atom is 0.410 e. The van der Waals surface area contributed by atoms with Crippen molar-refractivity contribution < 1.29 is 19.1 Å². The third kappa shape index (κ3) is 4.47. The molecule has 0 aromatic heterocycles. The number of hydrogen-bond acceptors (Lipinski definition) is 5. The van der Waals surface area contributed by atoms with Crippen molar-refractivity contribution in [2.75, 3.05) is 29.9 Å². The molecular formula is C25H29N3O4. The molecule has 2 aliphatic heterocycles. The Morgan fingerprint density at radius 3 is 2.12 bits per heavy atom. The number of benzene rings is 2. The van der Waals surface area contributed by atoms with Gasteiger partial charge in [0, 0.05) is 19.6 Å². The fourth-order valence-electron chi connectivity index (χ4n) is 4.13. The van der Waals surface area contributed by atoms with Gasteiger partial charge in [0.1, 0.15) is 5.60 Å². The molecule has 3 amide bonds. The van der Waals surface area contributed by atoms with Crippen molar-refractivity contribution in [1.29, 1.82) is 0 Å². The van der Waals surface area contributed by atoms with Crippen LogP contribution in [0.5, 0.6) is 0 Å². The fraction of sp³-hybridized carbons (Fsp3) is 0.400. The number of carbonyl (C=O) groups excluding carboxylic acids is 3. The normalized spacial score (nSPS) is 16.8. The lowest BCUT2D eigenvalue weighted by molar-refractivity contribution is 0.0188. The third-order valence-electron chi connectivity index (χ3n) is 5.79. The van der Waals surface area contributed by atoms with Crippen molar-refractivity contribution in [2.24, 2.45) is 5.92 Å². The van der Waals surface area contributed by atoms with Gasteiger partial charge in [0.05, 0.1) is 22.5 Å². The molecule has 1 saturated heterocycles. The number of anilines is 2. The summed E-state index contributed by atoms with van der Waals surface area (Å²) in [4.78, 5) is 41.1. The molecule has 168 valence electrons. The summed E-state index contributed by atoms with van der Waals surface area (Å²) in [5.74, 6) is -0.222. The number of amides is 3. The number of piperidine rings is 1. The number of fused-ring (bicyclic) bond motifs is 1. The zero-order valence-corrected chi connectivity index (χ0v) is 18.8. The Morgan fingerprint density at radius 1 is 0.969 bits per heavy atom. The second kappa shape index (κ2) is 8.65. The summed E-state index contributed by atoms with van der Waals surface area (Å²) in [6, 6.07) is 14.3. The summed E-state index contributed by atoms with van der Waals surface area (Å²) in [5.41, 5.74) is 1.67. The predicted molar refractivity (Wildman–Crippen MR) is 123 cm³/mol. The van der Waals surface area contributed by atoms with Crippen molar-refractivity contribution in [3.05, 3.63) is 59.7 Å². The number of hydrogen-bond donors (Lipinski definition) is 1. The minimum atomic E-state index is -0.497. The molecule has 7 nitrogen and oxygen atoms in total. The van der Waals surface area contributed by atoms with Gasteiger partial charge < -0.3 is 15.0 Å². The summed E-state index contributed by atoms with van der Waals surface area (Å²) in [5, 5.41) is 3.43. The van der Waals surface area contributed by atoms with E-state index in [1.165, 1.54) is 4.90 Å². The SMILES string of the molecule is CC(C)(C)OC(=O)N1CCC(CNc2ccccc2N2C(=O)c3ccccc3C2=O)CC1. The van der Waals surface area contributed by atoms with Gasteiger partial charge in [-0.25, -0.2) is 9.69 Å². The molecule has 0 aliphatic carbocycles. The Bertz CT molecular complexity index is 1000. The molecule has 4 rings (SSSR count). The molecule has 0 bridgehead atoms. The highest BCUT2D eigenvalue weighted by Gasteiger charge is 2.37. The number of imide groups is 1. The third-order valence-corrected chi connectivity index (χ3v) is 5.79. The number of nitrogens with one attached hydrogen (secondary N) is 1. The average molecular weight is 436 g/mol. The Balaban J connectivity index is 1.39. The van der Waals surface area contributed by atoms with E-state index in [2.05, 4.69) is 5.32 Å². The zero-order chi connectivity index (χ0) is 22.9. The van der Waals surface area contributed by atoms with Crippen LogP contribution in [-0.2, 0) is 4.74 Å². The standard InChI is InChI=1S/C25H29N3O4/c1-25(2,3)32-24(31)27-14-12-17(13-15-27)16-26-20-10-6-7-11-21(20)28-22(29)18-8-4-5-9-19(18)23(28)30/h4-11,17,26H,12-16H2,1-3H3. The van der Waals surface area contributed by atoms with Gasteiger partial charge in [0.25, 0.3) is 11.8 Å². The number of likely N-dealkylation sites (tertiary alicyclic amines) is 1. The summed E-state index contributed by atoms with van der Waals surface area (Å²) in [7, 11) is 0. The van der Waals surface area contributed by atoms with Crippen LogP contribution in [0.2, 0.25) is 0 Å². The lowest BCUT2D eigenvalue weighted by Crippen LogP contribution is -2.42. The van der Waals surface area contributed by atoms with Crippen molar-refractivity contribution in [2.45, 2.75) is 39.2 Å². The van der Waals surface area contributed by atoms with Crippen LogP contribution in [0.1, 0.15) is 54.3 Å². The lowest BCUT2D eigenvalue weighted by atomic mass is 9.97. The summed E-state index contributed by atoms with van der Waals surface area (Å²) >= 11 is 0. The first-order valence-electron chi connectivity index (χ1n) is 11.0. The van der Waals surface area contributed by atoms with Crippen molar-refractivity contribution >= 4 is 29.3 Å². The molecule has 0 unspecified atom stereocenters. The van der Waals surface area contributed by atoms with Crippen LogP contribution < -0.4 is 10.2 Å². The molecule has 0 spiro atoms. The van der Waals surface area contributed by atoms with Crippen molar-refractivity contribution in [1.82, 2.24) is 4.90 Å². The molecule has 1 fully saturated rings. The van der Waals surface area contributed by atoms with Crippen LogP contribution in [0.15, 0.2) is 48.5 Å². The van der Waals surface area contributed by atoms with Gasteiger partial charge >= 0.3 is 6.09 Å². The number of carbonyl (C=O) groups is 3. The predicted octanol–water partition coefficient (Wildman–Crippen LogP) is 4.55. The fourth-order valence-corrected chi connectivity index (χ4v) is 4.13. The van der Waals surface area contributed by atoms with Gasteiger partial charge in [-0.15, -0.1) is 0 Å². The van der Waals surface area contributed by atoms with Crippen LogP contribution in [0.25, 0.3) is 0 Å². The Hall–Kier alpha value is -3.35. The van der Waals surface area contributed by atoms with E-state index in [-0.39, 0.29) is 17.9 Å². The second-order valence-corrected chi connectivity index (χ2v) is 9.30. The molecule has 2 heterocycles. The van der Waals surface area contributed by atoms with E-state index in [4.69, 9.17) is 4.74 Å². The van der Waals surface area contributed by atoms with Crippen LogP contribution in [0.4, 0.5) is 16.2 Å². The molecule has 0 atom stereocenters. The highest BCUT2D eigenvalue weighted by Crippen LogP contribution is 2.33. The maximum absolute atomic E-state index is 12.9. The second-order valence-electron chi connectivity index (χ2n) is 9.30. The molecule has 1 N–H and O–H groups in total. The summed E-state index contributed by atoms with van der Waals surface area (Å²) in [6.45, 7) is 7.61. The van der Waals surface area contributed by atoms with E-state index >= 15 is 0 Å². The maximum atomic E-state index is 12.9. The highest BCUT2D eigenvalue weighted by atomic mass is 16.6. The minimum absolute atomic E-state index is 0.264. The Kier molecular flexibility index (Phi) is 5.91. The Labute approximate surface area is 188 Å². The molecular weight excluding hydrogens is 406 g/mol. The largest absolute Gasteiger partial charge is 0.444 e. The molecule has 7 heteroatoms. The topological polar surface area (TPSA) is 79.0 Å². The first-order valence-corrected chi connectivity index (χ1v) is 11.0. The molecule has 2 aliphatic rings. The van der Waals surface area contributed by atoms with Gasteiger partial charge in [0.2, 0.25) is 0 Å². The van der Waals surface area contributed by atoms with Gasteiger partial charge in [-0.1, -0.05) is 24.3 Å². The van der Waals surface area contributed by atoms with Crippen LogP contribution in [-0.4, -0.2) is 48.0 Å². The number of ether oxygens (including phenoxy) is 1. The average Bonchev–Trinajstić information content (AvgIpc) is 3.02. The van der Waals surface area contributed by atoms with E-state index in [1.54, 1.807) is 35.2 Å². The first kappa shape index (κ1) is 21.9. The Morgan fingerprint density at radius 2 is 1.53 bits per heavy atom. The first-order chi connectivity index (χ1) is 15.2. The number of para-hydroxylation sites is 2. The lowest BCUT2D eigenvalue weighted by Gasteiger charge is -2.33. The van der Waals surface area contributed by atoms with Crippen LogP contribution in [0, 0.1) is 5.92 Å². The van der Waals surface area contributed by atoms with Gasteiger partial charge in [-0.3, -0.25) is 9.59 Å². The quantitative estimate of drug-likeness (QED) is 0.713. The zero-order valence-electron chi connectivity index (χ0n) is 18.8. The summed E-state index contributed by atoms with van der Waals surface area (Å²) in [6.07, 6.45) is 1.46. The van der Waals surface area contributed by atoms with Gasteiger partial charge in [0.15, 0.2) is 0 Å². The molecule has 2 aromatic carbocycles. The molecule has 0 saturated carbocycles. The van der Waals surface area contributed by atoms with Crippen LogP contribution >= 0.6 is 0 Å². The summed E-state index contributed by atoms with van der Waals surface area (Å²) < 4.78 is 5.46. The monoisotopic (exact) mass is 435 g/mol. The van der Waals surface area contributed by atoms with Gasteiger partial charge in [-0.2, -0.15) is 0 Å². The minimum Gasteiger partial charge on any atom is -0.444 e. The van der Waals surface area contributed by atoms with Gasteiger partial charge in [-0.05, 0) is 63.8 Å². The van der Waals surface area contributed by atoms with E-state index < -0.39 is 5.60 Å². The molecule has 2 aromatic rings. The van der Waals surface area contributed by atoms with E-state index in [0.717, 1.165) is 18.5 Å². The van der Waals surface area contributed by atoms with E-state index in [9.17, 15) is 14.4 Å². The van der Waals surface area contributed by atoms with Crippen molar-refractivity contribution in [3.8, 4) is 0 Å². The molecule has 32 heavy (non-hydrogen) atoms. The highest BCUT2D eigenvalue weighted by molar-refractivity contribution is 6.35. The van der Waals surface area contributed by atoms with E-state index in [0.29, 0.717) is 42.4 Å². The number of nitrogens with zero attached hydrogens (tertiary/aromatic N) is 2. The number of rotatable bonds is 4. The van der Waals surface area contributed by atoms with E-state index in [1.807, 2.05) is 39.0 Å².